The first-order valence-electron chi connectivity index (χ1n) is 5.82. The van der Waals surface area contributed by atoms with Crippen LogP contribution in [-0.2, 0) is 4.79 Å². The second-order valence-corrected chi connectivity index (χ2v) is 4.40. The summed E-state index contributed by atoms with van der Waals surface area (Å²) in [6.45, 7) is 3.56. The Morgan fingerprint density at radius 2 is 2.16 bits per heavy atom. The highest BCUT2D eigenvalue weighted by Crippen LogP contribution is 2.16. The zero-order chi connectivity index (χ0) is 14.0. The summed E-state index contributed by atoms with van der Waals surface area (Å²) in [5, 5.41) is 15.7. The second kappa shape index (κ2) is 5.05. The third-order valence-corrected chi connectivity index (χ3v) is 2.58. The van der Waals surface area contributed by atoms with Crippen molar-refractivity contribution in [2.24, 2.45) is 0 Å². The molecule has 0 aliphatic carbocycles. The molecule has 2 heterocycles. The molecule has 0 saturated heterocycles. The van der Waals surface area contributed by atoms with Crippen molar-refractivity contribution in [3.05, 3.63) is 24.0 Å². The minimum atomic E-state index is -1.09. The number of aromatic nitrogens is 3. The molecule has 0 radical (unpaired) electrons. The van der Waals surface area contributed by atoms with E-state index in [2.05, 4.69) is 15.4 Å². The molecule has 0 aliphatic rings. The van der Waals surface area contributed by atoms with Gasteiger partial charge in [0.2, 0.25) is 0 Å². The summed E-state index contributed by atoms with van der Waals surface area (Å²) in [5.41, 5.74) is 1.02. The lowest BCUT2D eigenvalue weighted by Gasteiger charge is -2.06. The molecule has 2 aromatic rings. The molecule has 7 nitrogen and oxygen atoms in total. The molecule has 2 aromatic heterocycles. The van der Waals surface area contributed by atoms with Crippen LogP contribution in [0, 0.1) is 0 Å². The fraction of sp³-hybridized carbons (Fsp3) is 0.333. The quantitative estimate of drug-likeness (QED) is 0.850. The van der Waals surface area contributed by atoms with Crippen molar-refractivity contribution >= 4 is 22.9 Å². The third-order valence-electron chi connectivity index (χ3n) is 2.58. The summed E-state index contributed by atoms with van der Waals surface area (Å²) >= 11 is 0. The third kappa shape index (κ3) is 2.70. The smallest absolute Gasteiger partial charge is 0.322 e. The van der Waals surface area contributed by atoms with Gasteiger partial charge in [-0.3, -0.25) is 9.59 Å². The van der Waals surface area contributed by atoms with Crippen molar-refractivity contribution in [3.8, 4) is 0 Å². The van der Waals surface area contributed by atoms with Crippen molar-refractivity contribution in [2.45, 2.75) is 19.9 Å². The molecule has 0 aliphatic heterocycles. The van der Waals surface area contributed by atoms with Crippen molar-refractivity contribution in [1.82, 2.24) is 20.1 Å². The lowest BCUT2D eigenvalue weighted by Crippen LogP contribution is -2.29. The van der Waals surface area contributed by atoms with Gasteiger partial charge in [-0.1, -0.05) is 0 Å². The van der Waals surface area contributed by atoms with Crippen molar-refractivity contribution in [2.75, 3.05) is 6.54 Å². The molecular weight excluding hydrogens is 248 g/mol. The fourth-order valence-electron chi connectivity index (χ4n) is 1.70. The summed E-state index contributed by atoms with van der Waals surface area (Å²) in [6.07, 6.45) is 3.05. The van der Waals surface area contributed by atoms with Crippen LogP contribution < -0.4 is 5.32 Å². The van der Waals surface area contributed by atoms with Gasteiger partial charge in [0.25, 0.3) is 5.91 Å². The van der Waals surface area contributed by atoms with E-state index >= 15 is 0 Å². The molecule has 100 valence electrons. The van der Waals surface area contributed by atoms with Gasteiger partial charge < -0.3 is 10.4 Å². The van der Waals surface area contributed by atoms with Gasteiger partial charge >= 0.3 is 5.97 Å². The van der Waals surface area contributed by atoms with E-state index < -0.39 is 18.4 Å². The maximum absolute atomic E-state index is 11.7. The lowest BCUT2D eigenvalue weighted by atomic mass is 10.2. The molecule has 1 amide bonds. The van der Waals surface area contributed by atoms with Gasteiger partial charge in [0, 0.05) is 17.6 Å². The van der Waals surface area contributed by atoms with E-state index in [9.17, 15) is 9.59 Å². The molecule has 0 unspecified atom stereocenters. The Morgan fingerprint density at radius 3 is 2.79 bits per heavy atom. The maximum atomic E-state index is 11.7. The molecule has 0 bridgehead atoms. The number of carbonyl (C=O) groups is 2. The standard InChI is InChI=1S/C12H14N4O3/c1-7(2)16-11-8(5-15-16)3-9(4-13-11)12(19)14-6-10(17)18/h3-5,7H,6H2,1-2H3,(H,14,19)(H,17,18). The topological polar surface area (TPSA) is 97.1 Å². The van der Waals surface area contributed by atoms with Gasteiger partial charge in [0.1, 0.15) is 6.54 Å². The molecule has 0 fully saturated rings. The molecule has 2 N–H and O–H groups in total. The van der Waals surface area contributed by atoms with E-state index in [1.165, 1.54) is 6.20 Å². The van der Waals surface area contributed by atoms with Crippen LogP contribution in [0.1, 0.15) is 30.2 Å². The van der Waals surface area contributed by atoms with E-state index in [4.69, 9.17) is 5.11 Å². The highest BCUT2D eigenvalue weighted by atomic mass is 16.4. The number of pyridine rings is 1. The zero-order valence-electron chi connectivity index (χ0n) is 10.6. The van der Waals surface area contributed by atoms with Crippen LogP contribution in [0.4, 0.5) is 0 Å². The Hall–Kier alpha value is -2.44. The number of rotatable bonds is 4. The number of hydrogen-bond donors (Lipinski definition) is 2. The number of hydrogen-bond acceptors (Lipinski definition) is 4. The number of aliphatic carboxylic acids is 1. The number of carboxylic acid groups (broad SMARTS) is 1. The SMILES string of the molecule is CC(C)n1ncc2cc(C(=O)NCC(=O)O)cnc21. The first-order valence-corrected chi connectivity index (χ1v) is 5.82. The minimum absolute atomic E-state index is 0.177. The number of carbonyl (C=O) groups excluding carboxylic acids is 1. The zero-order valence-corrected chi connectivity index (χ0v) is 10.6. The van der Waals surface area contributed by atoms with E-state index in [0.717, 1.165) is 5.39 Å². The van der Waals surface area contributed by atoms with E-state index in [1.807, 2.05) is 13.8 Å². The summed E-state index contributed by atoms with van der Waals surface area (Å²) in [7, 11) is 0. The molecule has 0 spiro atoms. The molecule has 0 saturated carbocycles. The summed E-state index contributed by atoms with van der Waals surface area (Å²) < 4.78 is 1.76. The first-order chi connectivity index (χ1) is 8.99. The van der Waals surface area contributed by atoms with Crippen LogP contribution in [0.25, 0.3) is 11.0 Å². The summed E-state index contributed by atoms with van der Waals surface area (Å²) in [6, 6.07) is 1.82. The number of amides is 1. The normalized spacial score (nSPS) is 10.9. The second-order valence-electron chi connectivity index (χ2n) is 4.40. The van der Waals surface area contributed by atoms with Gasteiger partial charge in [-0.25, -0.2) is 9.67 Å². The predicted molar refractivity (Wildman–Crippen MR) is 67.9 cm³/mol. The van der Waals surface area contributed by atoms with Crippen molar-refractivity contribution in [3.63, 3.8) is 0 Å². The number of nitrogens with one attached hydrogen (secondary N) is 1. The maximum Gasteiger partial charge on any atom is 0.322 e. The van der Waals surface area contributed by atoms with Crippen LogP contribution in [0.15, 0.2) is 18.5 Å². The Kier molecular flexibility index (Phi) is 3.46. The van der Waals surface area contributed by atoms with Gasteiger partial charge in [0.05, 0.1) is 11.8 Å². The number of fused-ring (bicyclic) bond motifs is 1. The van der Waals surface area contributed by atoms with Crippen molar-refractivity contribution < 1.29 is 14.7 Å². The van der Waals surface area contributed by atoms with Gasteiger partial charge in [-0.15, -0.1) is 0 Å². The highest BCUT2D eigenvalue weighted by molar-refractivity contribution is 5.98. The minimum Gasteiger partial charge on any atom is -0.480 e. The van der Waals surface area contributed by atoms with Gasteiger partial charge in [-0.05, 0) is 19.9 Å². The highest BCUT2D eigenvalue weighted by Gasteiger charge is 2.12. The molecule has 0 aromatic carbocycles. The Labute approximate surface area is 109 Å². The molecule has 2 rings (SSSR count). The first kappa shape index (κ1) is 13.0. The van der Waals surface area contributed by atoms with Crippen molar-refractivity contribution in [1.29, 1.82) is 0 Å². The number of nitrogens with zero attached hydrogens (tertiary/aromatic N) is 3. The van der Waals surface area contributed by atoms with Crippen LogP contribution in [0.5, 0.6) is 0 Å². The molecule has 0 atom stereocenters. The van der Waals surface area contributed by atoms with Gasteiger partial charge in [-0.2, -0.15) is 5.10 Å². The van der Waals surface area contributed by atoms with Crippen LogP contribution in [0.2, 0.25) is 0 Å². The van der Waals surface area contributed by atoms with E-state index in [1.54, 1.807) is 16.9 Å². The Morgan fingerprint density at radius 1 is 1.42 bits per heavy atom. The lowest BCUT2D eigenvalue weighted by molar-refractivity contribution is -0.135. The molecular formula is C12H14N4O3. The average Bonchev–Trinajstić information content (AvgIpc) is 2.78. The van der Waals surface area contributed by atoms with Crippen LogP contribution in [-0.4, -0.2) is 38.3 Å². The predicted octanol–water partition coefficient (Wildman–Crippen LogP) is 0.827. The Balaban J connectivity index is 2.27. The molecule has 7 heteroatoms. The summed E-state index contributed by atoms with van der Waals surface area (Å²) in [4.78, 5) is 26.3. The van der Waals surface area contributed by atoms with Gasteiger partial charge in [0.15, 0.2) is 5.65 Å². The van der Waals surface area contributed by atoms with Crippen LogP contribution >= 0.6 is 0 Å². The van der Waals surface area contributed by atoms with Crippen LogP contribution in [0.3, 0.4) is 0 Å². The van der Waals surface area contributed by atoms with E-state index in [0.29, 0.717) is 11.2 Å². The fourth-order valence-corrected chi connectivity index (χ4v) is 1.70. The largest absolute Gasteiger partial charge is 0.480 e. The molecule has 19 heavy (non-hydrogen) atoms. The summed E-state index contributed by atoms with van der Waals surface area (Å²) in [5.74, 6) is -1.55. The monoisotopic (exact) mass is 262 g/mol. The average molecular weight is 262 g/mol. The van der Waals surface area contributed by atoms with E-state index in [-0.39, 0.29) is 6.04 Å². The Bertz CT molecular complexity index is 633. The number of carboxylic acids is 1.